The van der Waals surface area contributed by atoms with Gasteiger partial charge in [0.2, 0.25) is 5.88 Å². The molecular formula is C28H31FN6O4. The number of aryl methyl sites for hydroxylation is 1. The van der Waals surface area contributed by atoms with Gasteiger partial charge in [0.05, 0.1) is 18.9 Å². The molecule has 0 atom stereocenters. The summed E-state index contributed by atoms with van der Waals surface area (Å²) in [4.78, 5) is 21.6. The molecule has 11 heteroatoms. The number of halogens is 1. The zero-order chi connectivity index (χ0) is 27.4. The van der Waals surface area contributed by atoms with Crippen LogP contribution >= 0.6 is 0 Å². The predicted molar refractivity (Wildman–Crippen MR) is 145 cm³/mol. The number of amides is 1. The van der Waals surface area contributed by atoms with E-state index >= 15 is 4.39 Å². The molecule has 4 aromatic rings. The van der Waals surface area contributed by atoms with Crippen LogP contribution in [0.25, 0.3) is 5.52 Å². The van der Waals surface area contributed by atoms with Gasteiger partial charge in [0, 0.05) is 50.0 Å². The second-order valence-electron chi connectivity index (χ2n) is 9.37. The van der Waals surface area contributed by atoms with E-state index < -0.39 is 11.7 Å². The highest BCUT2D eigenvalue weighted by Gasteiger charge is 2.19. The highest BCUT2D eigenvalue weighted by atomic mass is 19.1. The van der Waals surface area contributed by atoms with Crippen LogP contribution in [-0.2, 0) is 0 Å². The lowest BCUT2D eigenvalue weighted by Gasteiger charge is -2.32. The van der Waals surface area contributed by atoms with Crippen LogP contribution in [0.5, 0.6) is 23.1 Å². The number of carbonyl (C=O) groups excluding carboxylic acids is 1. The Morgan fingerprint density at radius 1 is 1.08 bits per heavy atom. The molecular weight excluding hydrogens is 503 g/mol. The van der Waals surface area contributed by atoms with Gasteiger partial charge in [0.1, 0.15) is 29.9 Å². The molecule has 1 aliphatic rings. The first-order chi connectivity index (χ1) is 18.9. The molecule has 0 spiro atoms. The molecule has 5 rings (SSSR count). The van der Waals surface area contributed by atoms with Crippen LogP contribution in [0.2, 0.25) is 0 Å². The largest absolute Gasteiger partial charge is 0.496 e. The molecule has 0 bridgehead atoms. The first-order valence-corrected chi connectivity index (χ1v) is 12.7. The molecule has 1 amide bonds. The minimum atomic E-state index is -0.655. The number of fused-ring (bicyclic) bond motifs is 1. The van der Waals surface area contributed by atoms with Gasteiger partial charge in [-0.3, -0.25) is 9.69 Å². The van der Waals surface area contributed by atoms with Crippen LogP contribution in [0.15, 0.2) is 55.0 Å². The summed E-state index contributed by atoms with van der Waals surface area (Å²) in [6.45, 7) is 7.42. The lowest BCUT2D eigenvalue weighted by atomic mass is 10.2. The number of hydrogen-bond acceptors (Lipinski definition) is 8. The summed E-state index contributed by atoms with van der Waals surface area (Å²) in [5, 5.41) is 6.95. The fraction of sp³-hybridized carbons (Fsp3) is 0.321. The molecule has 39 heavy (non-hydrogen) atoms. The lowest BCUT2D eigenvalue weighted by molar-refractivity contribution is 0.102. The number of aromatic nitrogens is 3. The fourth-order valence-electron chi connectivity index (χ4n) is 4.48. The molecule has 3 heterocycles. The molecule has 0 radical (unpaired) electrons. The number of hydrogen-bond donors (Lipinski definition) is 1. The summed E-state index contributed by atoms with van der Waals surface area (Å²) < 4.78 is 33.8. The van der Waals surface area contributed by atoms with Gasteiger partial charge >= 0.3 is 0 Å². The van der Waals surface area contributed by atoms with Crippen molar-refractivity contribution in [2.75, 3.05) is 58.8 Å². The molecule has 204 valence electrons. The SMILES string of the molecule is COc1ccccc1C(=O)Nc1ccc(Oc2ncnn3cc(OCCN4CCN(C)CC4)c(C)c23)c(F)c1. The molecule has 2 aromatic heterocycles. The molecule has 1 N–H and O–H groups in total. The predicted octanol–water partition coefficient (Wildman–Crippen LogP) is 3.86. The van der Waals surface area contributed by atoms with E-state index in [-0.39, 0.29) is 17.3 Å². The third kappa shape index (κ3) is 5.94. The second kappa shape index (κ2) is 11.7. The first-order valence-electron chi connectivity index (χ1n) is 12.7. The fourth-order valence-corrected chi connectivity index (χ4v) is 4.48. The minimum absolute atomic E-state index is 0.0379. The van der Waals surface area contributed by atoms with E-state index in [4.69, 9.17) is 14.2 Å². The number of benzene rings is 2. The topological polar surface area (TPSA) is 93.5 Å². The summed E-state index contributed by atoms with van der Waals surface area (Å²) in [5.41, 5.74) is 2.00. The van der Waals surface area contributed by atoms with Gasteiger partial charge in [-0.05, 0) is 38.2 Å². The van der Waals surface area contributed by atoms with Crippen molar-refractivity contribution < 1.29 is 23.4 Å². The average molecular weight is 535 g/mol. The summed E-state index contributed by atoms with van der Waals surface area (Å²) >= 11 is 0. The van der Waals surface area contributed by atoms with Gasteiger partial charge in [-0.25, -0.2) is 8.91 Å². The summed E-state index contributed by atoms with van der Waals surface area (Å²) in [6, 6.07) is 11.0. The molecule has 10 nitrogen and oxygen atoms in total. The number of piperazine rings is 1. The van der Waals surface area contributed by atoms with Crippen LogP contribution in [0, 0.1) is 12.7 Å². The van der Waals surface area contributed by atoms with E-state index in [0.717, 1.165) is 38.3 Å². The van der Waals surface area contributed by atoms with Crippen molar-refractivity contribution >= 4 is 17.1 Å². The summed E-state index contributed by atoms with van der Waals surface area (Å²) in [6.07, 6.45) is 3.12. The standard InChI is InChI=1S/C28H31FN6O4/c1-19-25(38-15-14-34-12-10-33(2)11-13-34)17-35-26(19)28(30-18-31-35)39-24-9-8-20(16-22(24)29)32-27(36)21-6-4-5-7-23(21)37-3/h4-9,16-18H,10-15H2,1-3H3,(H,32,36). The zero-order valence-electron chi connectivity index (χ0n) is 22.2. The van der Waals surface area contributed by atoms with Crippen LogP contribution < -0.4 is 19.5 Å². The Kier molecular flexibility index (Phi) is 7.89. The van der Waals surface area contributed by atoms with Gasteiger partial charge in [-0.1, -0.05) is 12.1 Å². The van der Waals surface area contributed by atoms with Gasteiger partial charge in [0.25, 0.3) is 5.91 Å². The number of para-hydroxylation sites is 1. The lowest BCUT2D eigenvalue weighted by Crippen LogP contribution is -2.45. The van der Waals surface area contributed by atoms with E-state index in [1.165, 1.54) is 25.6 Å². The number of likely N-dealkylation sites (N-methyl/N-ethyl adjacent to an activating group) is 1. The van der Waals surface area contributed by atoms with Crippen molar-refractivity contribution in [3.63, 3.8) is 0 Å². The van der Waals surface area contributed by atoms with E-state index in [1.54, 1.807) is 41.0 Å². The van der Waals surface area contributed by atoms with Gasteiger partial charge < -0.3 is 24.4 Å². The molecule has 1 aliphatic heterocycles. The van der Waals surface area contributed by atoms with Crippen LogP contribution in [0.3, 0.4) is 0 Å². The van der Waals surface area contributed by atoms with Crippen molar-refractivity contribution in [3.05, 3.63) is 71.9 Å². The Labute approximate surface area is 225 Å². The average Bonchev–Trinajstić information content (AvgIpc) is 3.27. The molecule has 0 saturated carbocycles. The highest BCUT2D eigenvalue weighted by Crippen LogP contribution is 2.33. The van der Waals surface area contributed by atoms with Gasteiger partial charge in [0.15, 0.2) is 11.6 Å². The maximum absolute atomic E-state index is 15.0. The number of nitrogens with one attached hydrogen (secondary N) is 1. The second-order valence-corrected chi connectivity index (χ2v) is 9.37. The molecule has 2 aromatic carbocycles. The number of ether oxygens (including phenoxy) is 3. The van der Waals surface area contributed by atoms with Gasteiger partial charge in [-0.2, -0.15) is 10.1 Å². The van der Waals surface area contributed by atoms with E-state index in [9.17, 15) is 4.79 Å². The Morgan fingerprint density at radius 2 is 1.87 bits per heavy atom. The Balaban J connectivity index is 1.27. The van der Waals surface area contributed by atoms with Crippen LogP contribution in [-0.4, -0.2) is 83.8 Å². The van der Waals surface area contributed by atoms with E-state index in [1.807, 2.05) is 6.92 Å². The third-order valence-corrected chi connectivity index (χ3v) is 6.76. The van der Waals surface area contributed by atoms with Crippen molar-refractivity contribution in [2.45, 2.75) is 6.92 Å². The minimum Gasteiger partial charge on any atom is -0.496 e. The van der Waals surface area contributed by atoms with Crippen LogP contribution in [0.1, 0.15) is 15.9 Å². The quantitative estimate of drug-likeness (QED) is 0.346. The van der Waals surface area contributed by atoms with Crippen molar-refractivity contribution in [3.8, 4) is 23.1 Å². The molecule has 1 saturated heterocycles. The first kappa shape index (κ1) is 26.4. The summed E-state index contributed by atoms with van der Waals surface area (Å²) in [7, 11) is 3.62. The smallest absolute Gasteiger partial charge is 0.259 e. The number of nitrogens with zero attached hydrogens (tertiary/aromatic N) is 5. The maximum atomic E-state index is 15.0. The van der Waals surface area contributed by atoms with Gasteiger partial charge in [-0.15, -0.1) is 0 Å². The van der Waals surface area contributed by atoms with Crippen molar-refractivity contribution in [1.29, 1.82) is 0 Å². The van der Waals surface area contributed by atoms with E-state index in [0.29, 0.717) is 29.2 Å². The number of carbonyl (C=O) groups is 1. The van der Waals surface area contributed by atoms with E-state index in [2.05, 4.69) is 32.2 Å². The summed E-state index contributed by atoms with van der Waals surface area (Å²) in [5.74, 6) is 0.183. The number of rotatable bonds is 9. The van der Waals surface area contributed by atoms with Crippen molar-refractivity contribution in [2.24, 2.45) is 0 Å². The zero-order valence-corrected chi connectivity index (χ0v) is 22.2. The third-order valence-electron chi connectivity index (χ3n) is 6.76. The molecule has 1 fully saturated rings. The Morgan fingerprint density at radius 3 is 2.64 bits per heavy atom. The highest BCUT2D eigenvalue weighted by molar-refractivity contribution is 6.06. The van der Waals surface area contributed by atoms with Crippen LogP contribution in [0.4, 0.5) is 10.1 Å². The van der Waals surface area contributed by atoms with Crippen molar-refractivity contribution in [1.82, 2.24) is 24.4 Å². The Hall–Kier alpha value is -4.22. The normalized spacial score (nSPS) is 14.4. The number of methoxy groups -OCH3 is 1. The number of anilines is 1. The Bertz CT molecular complexity index is 1470. The monoisotopic (exact) mass is 534 g/mol. The molecule has 0 unspecified atom stereocenters. The maximum Gasteiger partial charge on any atom is 0.259 e. The molecule has 0 aliphatic carbocycles.